The fraction of sp³-hybridized carbons (Fsp3) is 0.0909. The van der Waals surface area contributed by atoms with E-state index in [0.29, 0.717) is 4.60 Å². The van der Waals surface area contributed by atoms with Gasteiger partial charge in [0.25, 0.3) is 0 Å². The Kier molecular flexibility index (Phi) is 4.28. The molecule has 0 saturated carbocycles. The third kappa shape index (κ3) is 3.50. The van der Waals surface area contributed by atoms with Crippen LogP contribution in [-0.4, -0.2) is 24.3 Å². The summed E-state index contributed by atoms with van der Waals surface area (Å²) in [5.74, 6) is 0.0201. The molecule has 0 aliphatic heterocycles. The van der Waals surface area contributed by atoms with E-state index in [4.69, 9.17) is 0 Å². The Labute approximate surface area is 119 Å². The molecule has 3 rings (SSSR count). The van der Waals surface area contributed by atoms with Gasteiger partial charge in [0, 0.05) is 18.6 Å². The highest BCUT2D eigenvalue weighted by Crippen LogP contribution is 2.27. The number of rotatable bonds is 0. The molecule has 0 radical (unpaired) electrons. The topological polar surface area (TPSA) is 56.0 Å². The quantitative estimate of drug-likeness (QED) is 0.628. The van der Waals surface area contributed by atoms with Gasteiger partial charge in [0.1, 0.15) is 16.6 Å². The van der Waals surface area contributed by atoms with Crippen molar-refractivity contribution in [2.45, 2.75) is 6.18 Å². The van der Waals surface area contributed by atoms with E-state index in [0.717, 1.165) is 6.07 Å². The van der Waals surface area contributed by atoms with Gasteiger partial charge in [-0.2, -0.15) is 13.2 Å². The fourth-order valence-corrected chi connectivity index (χ4v) is 1.63. The second kappa shape index (κ2) is 5.95. The monoisotopic (exact) mass is 345 g/mol. The van der Waals surface area contributed by atoms with Crippen molar-refractivity contribution in [3.8, 4) is 0 Å². The highest BCUT2D eigenvalue weighted by Gasteiger charge is 2.32. The summed E-state index contributed by atoms with van der Waals surface area (Å²) in [6.45, 7) is 0. The lowest BCUT2D eigenvalue weighted by molar-refractivity contribution is -0.141. The summed E-state index contributed by atoms with van der Waals surface area (Å²) in [5, 5.41) is 0. The summed E-state index contributed by atoms with van der Waals surface area (Å²) in [4.78, 5) is 14.4. The molecule has 3 heterocycles. The molecule has 0 spiro atoms. The molecule has 9 heteroatoms. The van der Waals surface area contributed by atoms with E-state index in [1.165, 1.54) is 23.1 Å². The maximum absolute atomic E-state index is 12.2. The maximum Gasteiger partial charge on any atom is 0.433 e. The molecule has 0 amide bonds. The normalized spacial score (nSPS) is 11.0. The fourth-order valence-electron chi connectivity index (χ4n) is 1.25. The van der Waals surface area contributed by atoms with Crippen molar-refractivity contribution in [1.82, 2.24) is 24.3 Å². The number of alkyl halides is 3. The van der Waals surface area contributed by atoms with Crippen LogP contribution in [0.25, 0.3) is 5.78 Å². The minimum absolute atomic E-state index is 0.0201. The minimum atomic E-state index is -4.43. The Morgan fingerprint density at radius 2 is 1.85 bits per heavy atom. The van der Waals surface area contributed by atoms with Gasteiger partial charge < -0.3 is 0 Å². The molecule has 0 atom stereocenters. The van der Waals surface area contributed by atoms with Crippen LogP contribution in [0.15, 0.2) is 47.9 Å². The molecule has 0 unspecified atom stereocenters. The van der Waals surface area contributed by atoms with Crippen molar-refractivity contribution >= 4 is 21.7 Å². The van der Waals surface area contributed by atoms with Crippen molar-refractivity contribution < 1.29 is 13.2 Å². The molecular formula is C11H7BrF3N5. The lowest BCUT2D eigenvalue weighted by atomic mass is 10.4. The van der Waals surface area contributed by atoms with Crippen LogP contribution < -0.4 is 0 Å². The highest BCUT2D eigenvalue weighted by atomic mass is 79.9. The summed E-state index contributed by atoms with van der Waals surface area (Å²) in [5.41, 5.74) is -0.942. The molecule has 0 aromatic carbocycles. The average Bonchev–Trinajstić information content (AvgIpc) is 2.82. The molecule has 0 fully saturated rings. The van der Waals surface area contributed by atoms with Crippen molar-refractivity contribution in [3.05, 3.63) is 53.5 Å². The van der Waals surface area contributed by atoms with Crippen LogP contribution in [0.2, 0.25) is 0 Å². The number of aromatic nitrogens is 5. The first-order valence-electron chi connectivity index (χ1n) is 5.25. The van der Waals surface area contributed by atoms with E-state index in [1.54, 1.807) is 18.5 Å². The molecule has 0 bridgehead atoms. The predicted molar refractivity (Wildman–Crippen MR) is 67.7 cm³/mol. The number of hydrogen-bond acceptors (Lipinski definition) is 4. The Morgan fingerprint density at radius 1 is 1.15 bits per heavy atom. The van der Waals surface area contributed by atoms with Crippen LogP contribution in [0.1, 0.15) is 5.69 Å². The third-order valence-electron chi connectivity index (χ3n) is 2.10. The number of hydrogen-bond donors (Lipinski definition) is 0. The first kappa shape index (κ1) is 14.4. The molecule has 0 saturated heterocycles. The van der Waals surface area contributed by atoms with Gasteiger partial charge in [0.15, 0.2) is 0 Å². The van der Waals surface area contributed by atoms with Gasteiger partial charge >= 0.3 is 6.18 Å². The van der Waals surface area contributed by atoms with E-state index in [1.807, 2.05) is 0 Å². The second-order valence-electron chi connectivity index (χ2n) is 3.47. The van der Waals surface area contributed by atoms with Crippen LogP contribution in [0.5, 0.6) is 0 Å². The van der Waals surface area contributed by atoms with E-state index in [2.05, 4.69) is 35.9 Å². The van der Waals surface area contributed by atoms with Gasteiger partial charge in [-0.15, -0.1) is 0 Å². The summed E-state index contributed by atoms with van der Waals surface area (Å²) >= 11 is 3.12. The van der Waals surface area contributed by atoms with Crippen LogP contribution in [0.3, 0.4) is 0 Å². The van der Waals surface area contributed by atoms with Gasteiger partial charge in [-0.1, -0.05) is 0 Å². The molecule has 5 nitrogen and oxygen atoms in total. The molecule has 0 N–H and O–H groups in total. The number of fused-ring (bicyclic) bond motifs is 1. The van der Waals surface area contributed by atoms with Gasteiger partial charge in [-0.05, 0) is 28.1 Å². The molecule has 0 aliphatic rings. The van der Waals surface area contributed by atoms with Gasteiger partial charge in [-0.25, -0.2) is 19.9 Å². The Hall–Kier alpha value is -2.03. The second-order valence-corrected chi connectivity index (χ2v) is 4.28. The van der Waals surface area contributed by atoms with E-state index >= 15 is 0 Å². The van der Waals surface area contributed by atoms with Crippen molar-refractivity contribution in [2.75, 3.05) is 0 Å². The molecular weight excluding hydrogens is 339 g/mol. The smallest absolute Gasteiger partial charge is 0.278 e. The number of halogens is 4. The van der Waals surface area contributed by atoms with Crippen LogP contribution in [0.4, 0.5) is 13.2 Å². The first-order valence-corrected chi connectivity index (χ1v) is 6.04. The molecule has 0 aliphatic carbocycles. The van der Waals surface area contributed by atoms with Crippen LogP contribution in [-0.2, 0) is 6.18 Å². The molecule has 20 heavy (non-hydrogen) atoms. The maximum atomic E-state index is 12.2. The van der Waals surface area contributed by atoms with Gasteiger partial charge in [0.05, 0.1) is 6.20 Å². The SMILES string of the molecule is FC(F)(F)c1ccn2c(Br)cnc2n1.c1cncnc1. The first-order chi connectivity index (χ1) is 9.48. The lowest BCUT2D eigenvalue weighted by Gasteiger charge is -2.04. The van der Waals surface area contributed by atoms with E-state index < -0.39 is 11.9 Å². The van der Waals surface area contributed by atoms with E-state index in [-0.39, 0.29) is 5.78 Å². The Balaban J connectivity index is 0.000000205. The minimum Gasteiger partial charge on any atom is -0.278 e. The van der Waals surface area contributed by atoms with Crippen molar-refractivity contribution in [3.63, 3.8) is 0 Å². The third-order valence-corrected chi connectivity index (χ3v) is 2.69. The zero-order valence-electron chi connectivity index (χ0n) is 9.79. The Morgan fingerprint density at radius 3 is 2.35 bits per heavy atom. The lowest BCUT2D eigenvalue weighted by Crippen LogP contribution is -2.08. The highest BCUT2D eigenvalue weighted by molar-refractivity contribution is 9.10. The van der Waals surface area contributed by atoms with Gasteiger partial charge in [-0.3, -0.25) is 4.40 Å². The van der Waals surface area contributed by atoms with E-state index in [9.17, 15) is 13.2 Å². The van der Waals surface area contributed by atoms with Gasteiger partial charge in [0.2, 0.25) is 5.78 Å². The molecule has 3 aromatic heterocycles. The largest absolute Gasteiger partial charge is 0.433 e. The molecule has 104 valence electrons. The summed E-state index contributed by atoms with van der Waals surface area (Å²) in [7, 11) is 0. The summed E-state index contributed by atoms with van der Waals surface area (Å²) < 4.78 is 38.6. The number of nitrogens with zero attached hydrogens (tertiary/aromatic N) is 5. The Bertz CT molecular complexity index is 657. The predicted octanol–water partition coefficient (Wildman–Crippen LogP) is 2.99. The zero-order valence-corrected chi connectivity index (χ0v) is 11.4. The number of imidazole rings is 1. The van der Waals surface area contributed by atoms with Crippen molar-refractivity contribution in [2.24, 2.45) is 0 Å². The average molecular weight is 346 g/mol. The molecule has 3 aromatic rings. The van der Waals surface area contributed by atoms with Crippen LogP contribution >= 0.6 is 15.9 Å². The van der Waals surface area contributed by atoms with Crippen LogP contribution in [0, 0.1) is 0 Å². The summed E-state index contributed by atoms with van der Waals surface area (Å²) in [6, 6.07) is 2.68. The van der Waals surface area contributed by atoms with Crippen molar-refractivity contribution in [1.29, 1.82) is 0 Å². The standard InChI is InChI=1S/C7H3BrF3N3.C4H4N2/c8-5-3-12-6-13-4(7(9,10)11)1-2-14(5)6;1-2-5-4-6-3-1/h1-3H;1-4H. The summed E-state index contributed by atoms with van der Waals surface area (Å²) in [6.07, 6.45) is 3.10. The zero-order chi connectivity index (χ0) is 14.6.